The highest BCUT2D eigenvalue weighted by Crippen LogP contribution is 2.23. The molecule has 0 spiro atoms. The fourth-order valence-corrected chi connectivity index (χ4v) is 2.41. The van der Waals surface area contributed by atoms with Crippen LogP contribution in [0.25, 0.3) is 10.9 Å². The van der Waals surface area contributed by atoms with Crippen molar-refractivity contribution < 1.29 is 4.74 Å². The quantitative estimate of drug-likeness (QED) is 0.438. The Morgan fingerprint density at radius 2 is 2.00 bits per heavy atom. The van der Waals surface area contributed by atoms with Crippen LogP contribution in [-0.2, 0) is 6.54 Å². The first-order valence-corrected chi connectivity index (χ1v) is 7.58. The zero-order chi connectivity index (χ0) is 16.1. The molecule has 2 aromatic carbocycles. The summed E-state index contributed by atoms with van der Waals surface area (Å²) in [6, 6.07) is 17.7. The molecule has 0 aliphatic rings. The molecule has 23 heavy (non-hydrogen) atoms. The van der Waals surface area contributed by atoms with Crippen LogP contribution in [0.15, 0.2) is 59.7 Å². The molecule has 4 nitrogen and oxygen atoms in total. The van der Waals surface area contributed by atoms with Crippen LogP contribution in [0.4, 0.5) is 0 Å². The molecule has 3 rings (SSSR count). The van der Waals surface area contributed by atoms with Crippen LogP contribution in [0.2, 0.25) is 5.15 Å². The predicted octanol–water partition coefficient (Wildman–Crippen LogP) is 4.02. The fourth-order valence-electron chi connectivity index (χ4n) is 2.21. The molecule has 0 radical (unpaired) electrons. The van der Waals surface area contributed by atoms with Gasteiger partial charge >= 0.3 is 0 Å². The molecule has 0 bridgehead atoms. The van der Waals surface area contributed by atoms with E-state index in [1.165, 1.54) is 0 Å². The number of nitrogens with zero attached hydrogens (tertiary/aromatic N) is 2. The first-order valence-electron chi connectivity index (χ1n) is 7.20. The molecule has 1 N–H and O–H groups in total. The van der Waals surface area contributed by atoms with E-state index in [0.29, 0.717) is 11.7 Å². The van der Waals surface area contributed by atoms with Gasteiger partial charge in [-0.25, -0.2) is 4.98 Å². The SMILES string of the molecule is COc1ccc2nc(Cl)c(/C=N/NCc3ccccc3)cc2c1. The Hall–Kier alpha value is -2.59. The van der Waals surface area contributed by atoms with E-state index in [1.807, 2.05) is 54.6 Å². The smallest absolute Gasteiger partial charge is 0.138 e. The summed E-state index contributed by atoms with van der Waals surface area (Å²) in [5, 5.41) is 5.60. The number of halogens is 1. The van der Waals surface area contributed by atoms with E-state index >= 15 is 0 Å². The Labute approximate surface area is 139 Å². The summed E-state index contributed by atoms with van der Waals surface area (Å²) >= 11 is 6.21. The van der Waals surface area contributed by atoms with E-state index < -0.39 is 0 Å². The summed E-state index contributed by atoms with van der Waals surface area (Å²) in [5.41, 5.74) is 5.75. The molecule has 3 aromatic rings. The maximum Gasteiger partial charge on any atom is 0.138 e. The van der Waals surface area contributed by atoms with E-state index in [4.69, 9.17) is 16.3 Å². The van der Waals surface area contributed by atoms with Gasteiger partial charge in [0.25, 0.3) is 0 Å². The summed E-state index contributed by atoms with van der Waals surface area (Å²) in [6.45, 7) is 0.657. The first kappa shape index (κ1) is 15.3. The highest BCUT2D eigenvalue weighted by molar-refractivity contribution is 6.32. The number of hydrogen-bond acceptors (Lipinski definition) is 4. The van der Waals surface area contributed by atoms with Gasteiger partial charge in [-0.3, -0.25) is 0 Å². The topological polar surface area (TPSA) is 46.5 Å². The van der Waals surface area contributed by atoms with Gasteiger partial charge in [-0.15, -0.1) is 0 Å². The van der Waals surface area contributed by atoms with E-state index in [0.717, 1.165) is 27.8 Å². The lowest BCUT2D eigenvalue weighted by Crippen LogP contribution is -2.05. The van der Waals surface area contributed by atoms with Crippen molar-refractivity contribution in [2.24, 2.45) is 5.10 Å². The molecule has 1 heterocycles. The second-order valence-corrected chi connectivity index (χ2v) is 5.36. The highest BCUT2D eigenvalue weighted by atomic mass is 35.5. The van der Waals surface area contributed by atoms with Crippen LogP contribution < -0.4 is 10.2 Å². The third kappa shape index (κ3) is 3.79. The number of methoxy groups -OCH3 is 1. The van der Waals surface area contributed by atoms with Gasteiger partial charge in [0.1, 0.15) is 10.9 Å². The average molecular weight is 326 g/mol. The van der Waals surface area contributed by atoms with Crippen molar-refractivity contribution in [1.82, 2.24) is 10.4 Å². The molecular weight excluding hydrogens is 310 g/mol. The van der Waals surface area contributed by atoms with Crippen LogP contribution in [0, 0.1) is 0 Å². The van der Waals surface area contributed by atoms with Gasteiger partial charge in [-0.2, -0.15) is 5.10 Å². The van der Waals surface area contributed by atoms with Gasteiger partial charge in [0.05, 0.1) is 25.4 Å². The molecule has 0 aliphatic heterocycles. The number of benzene rings is 2. The fraction of sp³-hybridized carbons (Fsp3) is 0.111. The number of hydrogen-bond donors (Lipinski definition) is 1. The maximum atomic E-state index is 6.21. The van der Waals surface area contributed by atoms with Gasteiger partial charge in [0.2, 0.25) is 0 Å². The number of nitrogens with one attached hydrogen (secondary N) is 1. The number of ether oxygens (including phenoxy) is 1. The second-order valence-electron chi connectivity index (χ2n) is 5.01. The lowest BCUT2D eigenvalue weighted by atomic mass is 10.1. The standard InChI is InChI=1S/C18H16ClN3O/c1-23-16-7-8-17-14(10-16)9-15(18(19)22-17)12-21-20-11-13-5-3-2-4-6-13/h2-10,12,20H,11H2,1H3/b21-12+. The van der Waals surface area contributed by atoms with Gasteiger partial charge in [-0.05, 0) is 29.8 Å². The highest BCUT2D eigenvalue weighted by Gasteiger charge is 2.04. The lowest BCUT2D eigenvalue weighted by molar-refractivity contribution is 0.415. The Balaban J connectivity index is 1.76. The zero-order valence-corrected chi connectivity index (χ0v) is 13.4. The van der Waals surface area contributed by atoms with Crippen molar-refractivity contribution in [1.29, 1.82) is 0 Å². The lowest BCUT2D eigenvalue weighted by Gasteiger charge is -2.05. The first-order chi connectivity index (χ1) is 11.3. The van der Waals surface area contributed by atoms with Crippen LogP contribution >= 0.6 is 11.6 Å². The summed E-state index contributed by atoms with van der Waals surface area (Å²) in [6.07, 6.45) is 1.68. The Kier molecular flexibility index (Phi) is 4.74. The summed E-state index contributed by atoms with van der Waals surface area (Å²) < 4.78 is 5.23. The minimum Gasteiger partial charge on any atom is -0.497 e. The van der Waals surface area contributed by atoms with Gasteiger partial charge < -0.3 is 10.2 Å². The summed E-state index contributed by atoms with van der Waals surface area (Å²) in [5.74, 6) is 0.784. The largest absolute Gasteiger partial charge is 0.497 e. The normalized spacial score (nSPS) is 11.0. The number of aromatic nitrogens is 1. The van der Waals surface area contributed by atoms with Crippen molar-refractivity contribution in [3.05, 3.63) is 70.9 Å². The van der Waals surface area contributed by atoms with E-state index in [9.17, 15) is 0 Å². The number of fused-ring (bicyclic) bond motifs is 1. The van der Waals surface area contributed by atoms with Crippen LogP contribution in [0.5, 0.6) is 5.75 Å². The van der Waals surface area contributed by atoms with Crippen LogP contribution in [-0.4, -0.2) is 18.3 Å². The molecule has 0 amide bonds. The Morgan fingerprint density at radius 1 is 1.17 bits per heavy atom. The monoisotopic (exact) mass is 325 g/mol. The molecule has 1 aromatic heterocycles. The van der Waals surface area contributed by atoms with Crippen molar-refractivity contribution in [2.75, 3.05) is 7.11 Å². The predicted molar refractivity (Wildman–Crippen MR) is 94.2 cm³/mol. The maximum absolute atomic E-state index is 6.21. The van der Waals surface area contributed by atoms with Crippen LogP contribution in [0.3, 0.4) is 0 Å². The van der Waals surface area contributed by atoms with Crippen LogP contribution in [0.1, 0.15) is 11.1 Å². The molecule has 0 aliphatic carbocycles. The molecule has 0 fully saturated rings. The molecular formula is C18H16ClN3O. The number of hydrazone groups is 1. The zero-order valence-electron chi connectivity index (χ0n) is 12.7. The number of pyridine rings is 1. The van der Waals surface area contributed by atoms with Crippen molar-refractivity contribution in [2.45, 2.75) is 6.54 Å². The average Bonchev–Trinajstić information content (AvgIpc) is 2.59. The molecule has 0 saturated heterocycles. The molecule has 116 valence electrons. The third-order valence-corrected chi connectivity index (χ3v) is 3.73. The van der Waals surface area contributed by atoms with Gasteiger partial charge in [0.15, 0.2) is 0 Å². The Bertz CT molecular complexity index is 834. The van der Waals surface area contributed by atoms with Crippen molar-refractivity contribution in [3.63, 3.8) is 0 Å². The minimum atomic E-state index is 0.424. The molecule has 0 saturated carbocycles. The summed E-state index contributed by atoms with van der Waals surface area (Å²) in [4.78, 5) is 4.38. The molecule has 5 heteroatoms. The van der Waals surface area contributed by atoms with Gasteiger partial charge in [0, 0.05) is 10.9 Å². The van der Waals surface area contributed by atoms with E-state index in [-0.39, 0.29) is 0 Å². The molecule has 0 unspecified atom stereocenters. The van der Waals surface area contributed by atoms with Crippen molar-refractivity contribution >= 4 is 28.7 Å². The van der Waals surface area contributed by atoms with E-state index in [2.05, 4.69) is 15.5 Å². The second kappa shape index (κ2) is 7.11. The minimum absolute atomic E-state index is 0.424. The van der Waals surface area contributed by atoms with Gasteiger partial charge in [-0.1, -0.05) is 41.9 Å². The molecule has 0 atom stereocenters. The third-order valence-electron chi connectivity index (χ3n) is 3.42. The van der Waals surface area contributed by atoms with E-state index in [1.54, 1.807) is 13.3 Å². The number of rotatable bonds is 5. The Morgan fingerprint density at radius 3 is 2.78 bits per heavy atom. The van der Waals surface area contributed by atoms with Crippen molar-refractivity contribution in [3.8, 4) is 5.75 Å². The summed E-state index contributed by atoms with van der Waals surface area (Å²) in [7, 11) is 1.64.